The molecular formula is C19H28N2O2. The van der Waals surface area contributed by atoms with Gasteiger partial charge in [-0.25, -0.2) is 0 Å². The van der Waals surface area contributed by atoms with E-state index in [9.17, 15) is 4.79 Å². The molecule has 0 bridgehead atoms. The maximum absolute atomic E-state index is 13.2. The first kappa shape index (κ1) is 16.5. The average molecular weight is 316 g/mol. The fraction of sp³-hybridized carbons (Fsp3) is 0.632. The molecule has 3 rings (SSSR count). The van der Waals surface area contributed by atoms with Gasteiger partial charge in [0.1, 0.15) is 6.04 Å². The van der Waals surface area contributed by atoms with Gasteiger partial charge >= 0.3 is 0 Å². The average Bonchev–Trinajstić information content (AvgIpc) is 2.64. The second kappa shape index (κ2) is 7.93. The summed E-state index contributed by atoms with van der Waals surface area (Å²) in [5, 5.41) is 0. The lowest BCUT2D eigenvalue weighted by molar-refractivity contribution is -0.139. The summed E-state index contributed by atoms with van der Waals surface area (Å²) < 4.78 is 5.48. The molecule has 0 aromatic heterocycles. The maximum Gasteiger partial charge on any atom is 0.244 e. The number of hydrogen-bond acceptors (Lipinski definition) is 3. The minimum Gasteiger partial charge on any atom is -0.381 e. The molecule has 4 heteroatoms. The molecule has 23 heavy (non-hydrogen) atoms. The molecule has 0 radical (unpaired) electrons. The van der Waals surface area contributed by atoms with Gasteiger partial charge in [0, 0.05) is 33.3 Å². The highest BCUT2D eigenvalue weighted by molar-refractivity contribution is 5.83. The van der Waals surface area contributed by atoms with Crippen molar-refractivity contribution >= 4 is 5.91 Å². The van der Waals surface area contributed by atoms with Crippen molar-refractivity contribution in [1.82, 2.24) is 9.80 Å². The van der Waals surface area contributed by atoms with Crippen molar-refractivity contribution in [3.05, 3.63) is 35.9 Å². The van der Waals surface area contributed by atoms with Crippen LogP contribution in [0.3, 0.4) is 0 Å². The summed E-state index contributed by atoms with van der Waals surface area (Å²) in [6.07, 6.45) is 5.88. The molecule has 1 aromatic carbocycles. The number of amides is 1. The van der Waals surface area contributed by atoms with Crippen LogP contribution in [0.5, 0.6) is 0 Å². The molecule has 2 heterocycles. The summed E-state index contributed by atoms with van der Waals surface area (Å²) in [5.41, 5.74) is 1.12. The SMILES string of the molecule is COC1CCN(C(C(=O)N2CCCCC2)c2ccccc2)CC1. The van der Waals surface area contributed by atoms with Gasteiger partial charge in [-0.2, -0.15) is 0 Å². The standard InChI is InChI=1S/C19H28N2O2/c1-23-17-10-14-20(15-11-17)18(16-8-4-2-5-9-16)19(22)21-12-6-3-7-13-21/h2,4-5,8-9,17-18H,3,6-7,10-15H2,1H3. The molecular weight excluding hydrogens is 288 g/mol. The van der Waals surface area contributed by atoms with Crippen molar-refractivity contribution in [2.45, 2.75) is 44.2 Å². The Balaban J connectivity index is 1.78. The summed E-state index contributed by atoms with van der Waals surface area (Å²) in [4.78, 5) is 17.6. The lowest BCUT2D eigenvalue weighted by Crippen LogP contribution is -2.48. The maximum atomic E-state index is 13.2. The predicted octanol–water partition coefficient (Wildman–Crippen LogP) is 2.85. The minimum atomic E-state index is -0.132. The van der Waals surface area contributed by atoms with E-state index in [0.29, 0.717) is 6.10 Å². The Kier molecular flexibility index (Phi) is 5.68. The third-order valence-electron chi connectivity index (χ3n) is 5.19. The normalized spacial score (nSPS) is 22.0. The van der Waals surface area contributed by atoms with E-state index in [-0.39, 0.29) is 11.9 Å². The molecule has 0 spiro atoms. The number of piperidine rings is 2. The zero-order chi connectivity index (χ0) is 16.1. The Bertz CT molecular complexity index is 491. The number of carbonyl (C=O) groups excluding carboxylic acids is 1. The zero-order valence-electron chi connectivity index (χ0n) is 14.1. The molecule has 0 N–H and O–H groups in total. The summed E-state index contributed by atoms with van der Waals surface area (Å²) >= 11 is 0. The second-order valence-corrected chi connectivity index (χ2v) is 6.67. The van der Waals surface area contributed by atoms with E-state index in [1.54, 1.807) is 7.11 Å². The van der Waals surface area contributed by atoms with E-state index in [4.69, 9.17) is 4.74 Å². The van der Waals surface area contributed by atoms with Gasteiger partial charge in [0.25, 0.3) is 0 Å². The van der Waals surface area contributed by atoms with Gasteiger partial charge in [0.15, 0.2) is 0 Å². The first-order chi connectivity index (χ1) is 11.3. The molecule has 2 aliphatic heterocycles. The van der Waals surface area contributed by atoms with Crippen LogP contribution in [0, 0.1) is 0 Å². The van der Waals surface area contributed by atoms with Gasteiger partial charge in [0.2, 0.25) is 5.91 Å². The minimum absolute atomic E-state index is 0.132. The molecule has 126 valence electrons. The van der Waals surface area contributed by atoms with Gasteiger partial charge < -0.3 is 9.64 Å². The van der Waals surface area contributed by atoms with Crippen molar-refractivity contribution in [2.75, 3.05) is 33.3 Å². The Hall–Kier alpha value is -1.39. The zero-order valence-corrected chi connectivity index (χ0v) is 14.1. The highest BCUT2D eigenvalue weighted by Crippen LogP contribution is 2.28. The van der Waals surface area contributed by atoms with E-state index in [1.165, 1.54) is 6.42 Å². The molecule has 1 aromatic rings. The summed E-state index contributed by atoms with van der Waals surface area (Å²) in [6.45, 7) is 3.68. The number of likely N-dealkylation sites (tertiary alicyclic amines) is 2. The van der Waals surface area contributed by atoms with Crippen LogP contribution in [0.15, 0.2) is 30.3 Å². The number of benzene rings is 1. The first-order valence-corrected chi connectivity index (χ1v) is 8.90. The fourth-order valence-corrected chi connectivity index (χ4v) is 3.80. The number of rotatable bonds is 4. The smallest absolute Gasteiger partial charge is 0.244 e. The summed E-state index contributed by atoms with van der Waals surface area (Å²) in [7, 11) is 1.79. The third-order valence-corrected chi connectivity index (χ3v) is 5.19. The number of carbonyl (C=O) groups is 1. The molecule has 1 amide bonds. The van der Waals surface area contributed by atoms with Crippen LogP contribution in [0.25, 0.3) is 0 Å². The lowest BCUT2D eigenvalue weighted by Gasteiger charge is -2.39. The molecule has 0 saturated carbocycles. The van der Waals surface area contributed by atoms with Crippen molar-refractivity contribution in [3.63, 3.8) is 0 Å². The number of methoxy groups -OCH3 is 1. The largest absolute Gasteiger partial charge is 0.381 e. The van der Waals surface area contributed by atoms with Crippen LogP contribution >= 0.6 is 0 Å². The number of hydrogen-bond donors (Lipinski definition) is 0. The van der Waals surface area contributed by atoms with Gasteiger partial charge in [0.05, 0.1) is 6.10 Å². The molecule has 0 aliphatic carbocycles. The van der Waals surface area contributed by atoms with Crippen molar-refractivity contribution < 1.29 is 9.53 Å². The highest BCUT2D eigenvalue weighted by atomic mass is 16.5. The van der Waals surface area contributed by atoms with Crippen molar-refractivity contribution in [3.8, 4) is 0 Å². The van der Waals surface area contributed by atoms with Crippen molar-refractivity contribution in [1.29, 1.82) is 0 Å². The Morgan fingerprint density at radius 3 is 2.30 bits per heavy atom. The van der Waals surface area contributed by atoms with E-state index in [2.05, 4.69) is 21.9 Å². The summed E-state index contributed by atoms with van der Waals surface area (Å²) in [6, 6.07) is 10.1. The van der Waals surface area contributed by atoms with Crippen LogP contribution in [0.1, 0.15) is 43.7 Å². The fourth-order valence-electron chi connectivity index (χ4n) is 3.80. The van der Waals surface area contributed by atoms with Gasteiger partial charge in [-0.05, 0) is 37.7 Å². The molecule has 1 atom stereocenters. The van der Waals surface area contributed by atoms with E-state index >= 15 is 0 Å². The molecule has 2 fully saturated rings. The topological polar surface area (TPSA) is 32.8 Å². The Morgan fingerprint density at radius 1 is 1.04 bits per heavy atom. The van der Waals surface area contributed by atoms with Crippen LogP contribution in [-0.4, -0.2) is 55.1 Å². The summed E-state index contributed by atoms with van der Waals surface area (Å²) in [5.74, 6) is 0.284. The van der Waals surface area contributed by atoms with Crippen LogP contribution < -0.4 is 0 Å². The molecule has 1 unspecified atom stereocenters. The highest BCUT2D eigenvalue weighted by Gasteiger charge is 2.34. The lowest BCUT2D eigenvalue weighted by atomic mass is 9.98. The Labute approximate surface area is 139 Å². The van der Waals surface area contributed by atoms with E-state index < -0.39 is 0 Å². The van der Waals surface area contributed by atoms with Crippen LogP contribution in [0.4, 0.5) is 0 Å². The quantitative estimate of drug-likeness (QED) is 0.856. The van der Waals surface area contributed by atoms with Gasteiger partial charge in [-0.15, -0.1) is 0 Å². The van der Waals surface area contributed by atoms with Gasteiger partial charge in [-0.1, -0.05) is 30.3 Å². The predicted molar refractivity (Wildman–Crippen MR) is 91.2 cm³/mol. The van der Waals surface area contributed by atoms with Gasteiger partial charge in [-0.3, -0.25) is 9.69 Å². The van der Waals surface area contributed by atoms with Crippen LogP contribution in [-0.2, 0) is 9.53 Å². The number of nitrogens with zero attached hydrogens (tertiary/aromatic N) is 2. The number of ether oxygens (including phenoxy) is 1. The second-order valence-electron chi connectivity index (χ2n) is 6.67. The first-order valence-electron chi connectivity index (χ1n) is 8.90. The third kappa shape index (κ3) is 3.93. The Morgan fingerprint density at radius 2 is 1.70 bits per heavy atom. The molecule has 2 saturated heterocycles. The monoisotopic (exact) mass is 316 g/mol. The molecule has 2 aliphatic rings. The van der Waals surface area contributed by atoms with E-state index in [0.717, 1.165) is 57.4 Å². The van der Waals surface area contributed by atoms with E-state index in [1.807, 2.05) is 18.2 Å². The van der Waals surface area contributed by atoms with Crippen LogP contribution in [0.2, 0.25) is 0 Å². The van der Waals surface area contributed by atoms with Crippen molar-refractivity contribution in [2.24, 2.45) is 0 Å². The molecule has 4 nitrogen and oxygen atoms in total.